The van der Waals surface area contributed by atoms with Gasteiger partial charge in [-0.15, -0.1) is 0 Å². The van der Waals surface area contributed by atoms with Crippen molar-refractivity contribution in [2.75, 3.05) is 23.3 Å². The molecule has 0 atom stereocenters. The van der Waals surface area contributed by atoms with E-state index < -0.39 is 0 Å². The number of benzene rings is 2. The van der Waals surface area contributed by atoms with Crippen molar-refractivity contribution in [2.24, 2.45) is 0 Å². The molecule has 0 radical (unpaired) electrons. The largest absolute Gasteiger partial charge is 0.336 e. The Hall–Kier alpha value is -2.82. The number of carbonyl (C=O) groups excluding carboxylic acids is 2. The molecule has 0 aliphatic heterocycles. The first-order valence-corrected chi connectivity index (χ1v) is 8.49. The van der Waals surface area contributed by atoms with Gasteiger partial charge in [-0.25, -0.2) is 4.79 Å². The highest BCUT2D eigenvalue weighted by Gasteiger charge is 2.17. The fourth-order valence-corrected chi connectivity index (χ4v) is 2.80. The molecule has 5 heteroatoms. The number of para-hydroxylation sites is 2. The minimum atomic E-state index is -0.282. The summed E-state index contributed by atoms with van der Waals surface area (Å²) in [6.07, 6.45) is 0.850. The van der Waals surface area contributed by atoms with Crippen molar-refractivity contribution in [3.8, 4) is 0 Å². The molecule has 0 saturated carbocycles. The zero-order valence-corrected chi connectivity index (χ0v) is 15.0. The average molecular weight is 339 g/mol. The van der Waals surface area contributed by atoms with Crippen molar-refractivity contribution in [1.82, 2.24) is 5.32 Å². The van der Waals surface area contributed by atoms with E-state index in [0.29, 0.717) is 13.1 Å². The molecule has 25 heavy (non-hydrogen) atoms. The van der Waals surface area contributed by atoms with Gasteiger partial charge in [0.2, 0.25) is 5.91 Å². The molecule has 0 aliphatic rings. The molecule has 0 bridgehead atoms. The topological polar surface area (TPSA) is 61.4 Å². The van der Waals surface area contributed by atoms with E-state index in [-0.39, 0.29) is 11.9 Å². The van der Waals surface area contributed by atoms with Crippen LogP contribution >= 0.6 is 0 Å². The van der Waals surface area contributed by atoms with Crippen LogP contribution in [0.2, 0.25) is 0 Å². The number of carbonyl (C=O) groups is 2. The first kappa shape index (κ1) is 18.5. The number of aryl methyl sites for hydroxylation is 2. The molecule has 2 rings (SSSR count). The number of nitrogens with one attached hydrogen (secondary N) is 2. The third-order valence-electron chi connectivity index (χ3n) is 4.00. The molecule has 0 spiro atoms. The molecule has 0 saturated heterocycles. The number of rotatable bonds is 6. The van der Waals surface area contributed by atoms with E-state index >= 15 is 0 Å². The summed E-state index contributed by atoms with van der Waals surface area (Å²) in [6.45, 7) is 6.42. The van der Waals surface area contributed by atoms with Crippen molar-refractivity contribution in [3.63, 3.8) is 0 Å². The second-order valence-corrected chi connectivity index (χ2v) is 5.85. The molecular weight excluding hydrogens is 314 g/mol. The maximum Gasteiger partial charge on any atom is 0.319 e. The van der Waals surface area contributed by atoms with Crippen molar-refractivity contribution in [3.05, 3.63) is 59.7 Å². The normalized spacial score (nSPS) is 10.2. The van der Waals surface area contributed by atoms with E-state index in [2.05, 4.69) is 17.6 Å². The molecule has 3 amide bonds. The quantitative estimate of drug-likeness (QED) is 0.842. The number of hydrogen-bond acceptors (Lipinski definition) is 2. The van der Waals surface area contributed by atoms with Crippen LogP contribution in [0.3, 0.4) is 0 Å². The van der Waals surface area contributed by atoms with Crippen molar-refractivity contribution in [2.45, 2.75) is 27.2 Å². The number of hydrogen-bond donors (Lipinski definition) is 2. The molecule has 132 valence electrons. The number of nitrogens with zero attached hydrogens (tertiary/aromatic N) is 1. The first-order valence-electron chi connectivity index (χ1n) is 8.49. The molecule has 0 aliphatic carbocycles. The van der Waals surface area contributed by atoms with Crippen LogP contribution in [-0.4, -0.2) is 25.0 Å². The van der Waals surface area contributed by atoms with Gasteiger partial charge in [0, 0.05) is 31.4 Å². The fourth-order valence-electron chi connectivity index (χ4n) is 2.80. The van der Waals surface area contributed by atoms with Gasteiger partial charge < -0.3 is 15.5 Å². The van der Waals surface area contributed by atoms with Crippen molar-refractivity contribution < 1.29 is 9.59 Å². The highest BCUT2D eigenvalue weighted by atomic mass is 16.2. The van der Waals surface area contributed by atoms with Crippen LogP contribution in [0, 0.1) is 6.92 Å². The maximum absolute atomic E-state index is 12.1. The molecular formula is C20H25N3O2. The Morgan fingerprint density at radius 1 is 1.04 bits per heavy atom. The van der Waals surface area contributed by atoms with Gasteiger partial charge in [-0.3, -0.25) is 4.79 Å². The summed E-state index contributed by atoms with van der Waals surface area (Å²) in [6, 6.07) is 15.0. The van der Waals surface area contributed by atoms with Crippen LogP contribution in [-0.2, 0) is 11.2 Å². The van der Waals surface area contributed by atoms with Gasteiger partial charge >= 0.3 is 6.03 Å². The fraction of sp³-hybridized carbons (Fsp3) is 0.300. The lowest BCUT2D eigenvalue weighted by Crippen LogP contribution is -2.39. The van der Waals surface area contributed by atoms with Gasteiger partial charge in [0.1, 0.15) is 0 Å². The van der Waals surface area contributed by atoms with E-state index in [1.54, 1.807) is 11.8 Å². The van der Waals surface area contributed by atoms with Gasteiger partial charge in [0.25, 0.3) is 0 Å². The summed E-state index contributed by atoms with van der Waals surface area (Å²) in [5, 5.41) is 5.56. The van der Waals surface area contributed by atoms with Crippen LogP contribution in [0.4, 0.5) is 16.2 Å². The Labute approximate surface area is 149 Å². The van der Waals surface area contributed by atoms with Crippen molar-refractivity contribution >= 4 is 23.3 Å². The van der Waals surface area contributed by atoms with Gasteiger partial charge in [-0.05, 0) is 36.6 Å². The Bertz CT molecular complexity index is 729. The second kappa shape index (κ2) is 8.87. The first-order chi connectivity index (χ1) is 12.0. The number of urea groups is 1. The Balaban J connectivity index is 1.99. The predicted octanol–water partition coefficient (Wildman–Crippen LogP) is 3.73. The predicted molar refractivity (Wildman–Crippen MR) is 102 cm³/mol. The Morgan fingerprint density at radius 2 is 1.76 bits per heavy atom. The minimum absolute atomic E-state index is 0.0331. The van der Waals surface area contributed by atoms with Gasteiger partial charge in [0.05, 0.1) is 0 Å². The monoisotopic (exact) mass is 339 g/mol. The van der Waals surface area contributed by atoms with E-state index in [1.165, 1.54) is 0 Å². The highest BCUT2D eigenvalue weighted by molar-refractivity contribution is 5.93. The molecule has 5 nitrogen and oxygen atoms in total. The van der Waals surface area contributed by atoms with E-state index in [0.717, 1.165) is 28.9 Å². The lowest BCUT2D eigenvalue weighted by atomic mass is 10.0. The molecule has 0 heterocycles. The third kappa shape index (κ3) is 5.08. The molecule has 2 aromatic carbocycles. The molecule has 2 N–H and O–H groups in total. The van der Waals surface area contributed by atoms with E-state index in [4.69, 9.17) is 0 Å². The summed E-state index contributed by atoms with van der Waals surface area (Å²) < 4.78 is 0. The summed E-state index contributed by atoms with van der Waals surface area (Å²) in [4.78, 5) is 25.8. The Kier molecular flexibility index (Phi) is 6.57. The van der Waals surface area contributed by atoms with Crippen LogP contribution in [0.15, 0.2) is 48.5 Å². The average Bonchev–Trinajstić information content (AvgIpc) is 2.59. The van der Waals surface area contributed by atoms with Crippen LogP contribution in [0.1, 0.15) is 25.0 Å². The van der Waals surface area contributed by atoms with Crippen LogP contribution in [0.25, 0.3) is 0 Å². The summed E-state index contributed by atoms with van der Waals surface area (Å²) in [5.41, 5.74) is 3.87. The standard InChI is InChI=1S/C20H25N3O2/c1-4-17-10-8-9-15(2)19(17)23(16(3)24)14-13-21-20(25)22-18-11-6-5-7-12-18/h5-12H,4,13-14H2,1-3H3,(H2,21,22,25). The molecule has 0 fully saturated rings. The summed E-state index contributed by atoms with van der Waals surface area (Å²) in [7, 11) is 0. The van der Waals surface area contributed by atoms with Crippen molar-refractivity contribution in [1.29, 1.82) is 0 Å². The molecule has 0 unspecified atom stereocenters. The highest BCUT2D eigenvalue weighted by Crippen LogP contribution is 2.25. The lowest BCUT2D eigenvalue weighted by Gasteiger charge is -2.26. The zero-order chi connectivity index (χ0) is 18.2. The second-order valence-electron chi connectivity index (χ2n) is 5.85. The minimum Gasteiger partial charge on any atom is -0.336 e. The van der Waals surface area contributed by atoms with Gasteiger partial charge in [-0.1, -0.05) is 43.3 Å². The smallest absolute Gasteiger partial charge is 0.319 e. The van der Waals surface area contributed by atoms with E-state index in [9.17, 15) is 9.59 Å². The molecule has 0 aromatic heterocycles. The van der Waals surface area contributed by atoms with Crippen LogP contribution in [0.5, 0.6) is 0 Å². The summed E-state index contributed by atoms with van der Waals surface area (Å²) in [5.74, 6) is -0.0331. The maximum atomic E-state index is 12.1. The zero-order valence-electron chi connectivity index (χ0n) is 15.0. The number of anilines is 2. The summed E-state index contributed by atoms with van der Waals surface area (Å²) >= 11 is 0. The van der Waals surface area contributed by atoms with Crippen LogP contribution < -0.4 is 15.5 Å². The van der Waals surface area contributed by atoms with E-state index in [1.807, 2.05) is 55.5 Å². The Morgan fingerprint density at radius 3 is 2.40 bits per heavy atom. The van der Waals surface area contributed by atoms with Gasteiger partial charge in [0.15, 0.2) is 0 Å². The number of amides is 3. The van der Waals surface area contributed by atoms with Gasteiger partial charge in [-0.2, -0.15) is 0 Å². The molecule has 2 aromatic rings. The SMILES string of the molecule is CCc1cccc(C)c1N(CCNC(=O)Nc1ccccc1)C(C)=O. The lowest BCUT2D eigenvalue weighted by molar-refractivity contribution is -0.116. The third-order valence-corrected chi connectivity index (χ3v) is 4.00.